The van der Waals surface area contributed by atoms with Gasteiger partial charge in [0.05, 0.1) is 24.9 Å². The van der Waals surface area contributed by atoms with Crippen LogP contribution in [0.4, 0.5) is 0 Å². The number of aliphatic hydroxyl groups is 1. The molecule has 0 unspecified atom stereocenters. The zero-order valence-corrected chi connectivity index (χ0v) is 13.1. The molecule has 8 heteroatoms. The molecule has 0 aromatic heterocycles. The maximum Gasteiger partial charge on any atom is 0.306 e. The number of carbonyl (C=O) groups excluding carboxylic acids is 1. The highest BCUT2D eigenvalue weighted by molar-refractivity contribution is 7.89. The Labute approximate surface area is 120 Å². The fourth-order valence-corrected chi connectivity index (χ4v) is 3.56. The fraction of sp³-hybridized carbons (Fsp3) is 0.917. The van der Waals surface area contributed by atoms with Crippen molar-refractivity contribution in [2.45, 2.75) is 25.9 Å². The molecule has 0 aromatic rings. The fourth-order valence-electron chi connectivity index (χ4n) is 2.16. The highest BCUT2D eigenvalue weighted by Gasteiger charge is 2.29. The first-order chi connectivity index (χ1) is 9.14. The number of β-amino-alcohol motifs (C(OH)–C–C–N with tert-alkyl or cyclic N) is 1. The topological polar surface area (TPSA) is 87.2 Å². The van der Waals surface area contributed by atoms with Crippen LogP contribution in [0.15, 0.2) is 0 Å². The molecule has 7 nitrogen and oxygen atoms in total. The van der Waals surface area contributed by atoms with Crippen molar-refractivity contribution < 1.29 is 23.1 Å². The van der Waals surface area contributed by atoms with Gasteiger partial charge in [-0.1, -0.05) is 0 Å². The van der Waals surface area contributed by atoms with E-state index in [-0.39, 0.29) is 12.2 Å². The predicted molar refractivity (Wildman–Crippen MR) is 74.7 cm³/mol. The summed E-state index contributed by atoms with van der Waals surface area (Å²) < 4.78 is 29.9. The monoisotopic (exact) mass is 308 g/mol. The second kappa shape index (κ2) is 6.84. The van der Waals surface area contributed by atoms with E-state index >= 15 is 0 Å². The Bertz CT molecular complexity index is 422. The summed E-state index contributed by atoms with van der Waals surface area (Å²) in [6, 6.07) is 0. The average Bonchev–Trinajstić information content (AvgIpc) is 2.34. The molecule has 0 aromatic carbocycles. The molecule has 1 rings (SSSR count). The normalized spacial score (nSPS) is 19.0. The summed E-state index contributed by atoms with van der Waals surface area (Å²) in [6.45, 7) is 5.92. The minimum Gasteiger partial charge on any atom is -0.469 e. The number of esters is 1. The smallest absolute Gasteiger partial charge is 0.306 e. The van der Waals surface area contributed by atoms with Gasteiger partial charge in [-0.25, -0.2) is 8.42 Å². The lowest BCUT2D eigenvalue weighted by molar-refractivity contribution is -0.140. The summed E-state index contributed by atoms with van der Waals surface area (Å²) in [5.41, 5.74) is -0.786. The predicted octanol–water partition coefficient (Wildman–Crippen LogP) is -0.732. The quantitative estimate of drug-likeness (QED) is 0.651. The first-order valence-corrected chi connectivity index (χ1v) is 8.24. The summed E-state index contributed by atoms with van der Waals surface area (Å²) in [6.07, 6.45) is -0.122. The molecule has 0 bridgehead atoms. The molecule has 0 spiro atoms. The molecule has 1 heterocycles. The second-order valence-corrected chi connectivity index (χ2v) is 7.72. The second-order valence-electron chi connectivity index (χ2n) is 5.63. The summed E-state index contributed by atoms with van der Waals surface area (Å²) in [4.78, 5) is 13.0. The minimum absolute atomic E-state index is 0.122. The Morgan fingerprint density at radius 1 is 1.25 bits per heavy atom. The molecule has 118 valence electrons. The van der Waals surface area contributed by atoms with Crippen molar-refractivity contribution in [1.29, 1.82) is 0 Å². The van der Waals surface area contributed by atoms with Gasteiger partial charge in [-0.2, -0.15) is 4.31 Å². The summed E-state index contributed by atoms with van der Waals surface area (Å²) in [7, 11) is -2.17. The number of methoxy groups -OCH3 is 1. The van der Waals surface area contributed by atoms with Gasteiger partial charge in [-0.15, -0.1) is 0 Å². The van der Waals surface area contributed by atoms with Gasteiger partial charge in [0.25, 0.3) is 0 Å². The van der Waals surface area contributed by atoms with Crippen LogP contribution in [0.2, 0.25) is 0 Å². The third-order valence-corrected chi connectivity index (χ3v) is 5.00. The Morgan fingerprint density at radius 3 is 2.25 bits per heavy atom. The average molecular weight is 308 g/mol. The van der Waals surface area contributed by atoms with Crippen molar-refractivity contribution in [3.05, 3.63) is 0 Å². The number of hydrogen-bond donors (Lipinski definition) is 1. The van der Waals surface area contributed by atoms with Crippen molar-refractivity contribution in [2.24, 2.45) is 0 Å². The maximum atomic E-state index is 12.0. The molecule has 0 amide bonds. The summed E-state index contributed by atoms with van der Waals surface area (Å²) in [5, 5.41) is 9.74. The molecule has 1 aliphatic heterocycles. The van der Waals surface area contributed by atoms with Crippen LogP contribution >= 0.6 is 0 Å². The van der Waals surface area contributed by atoms with Crippen molar-refractivity contribution in [3.8, 4) is 0 Å². The number of sulfonamides is 1. The van der Waals surface area contributed by atoms with Gasteiger partial charge in [0.2, 0.25) is 10.0 Å². The molecule has 0 aliphatic carbocycles. The van der Waals surface area contributed by atoms with Crippen LogP contribution in [-0.2, 0) is 19.6 Å². The van der Waals surface area contributed by atoms with Crippen molar-refractivity contribution in [3.63, 3.8) is 0 Å². The highest BCUT2D eigenvalue weighted by Crippen LogP contribution is 2.12. The van der Waals surface area contributed by atoms with E-state index in [2.05, 4.69) is 4.74 Å². The van der Waals surface area contributed by atoms with E-state index in [0.29, 0.717) is 32.7 Å². The number of piperazine rings is 1. The lowest BCUT2D eigenvalue weighted by atomic mass is 10.1. The molecule has 1 N–H and O–H groups in total. The Hall–Kier alpha value is -0.700. The molecule has 20 heavy (non-hydrogen) atoms. The lowest BCUT2D eigenvalue weighted by Gasteiger charge is -2.36. The maximum absolute atomic E-state index is 12.0. The van der Waals surface area contributed by atoms with Crippen LogP contribution in [0.1, 0.15) is 20.3 Å². The van der Waals surface area contributed by atoms with Crippen LogP contribution in [0.25, 0.3) is 0 Å². The number of hydrogen-bond acceptors (Lipinski definition) is 6. The molecule has 1 fully saturated rings. The van der Waals surface area contributed by atoms with Gasteiger partial charge in [-0.3, -0.25) is 9.69 Å². The third-order valence-electron chi connectivity index (χ3n) is 3.13. The van der Waals surface area contributed by atoms with E-state index in [4.69, 9.17) is 0 Å². The zero-order valence-electron chi connectivity index (χ0n) is 12.3. The molecular formula is C12H24N2O5S. The van der Waals surface area contributed by atoms with Crippen LogP contribution in [0.3, 0.4) is 0 Å². The van der Waals surface area contributed by atoms with Crippen LogP contribution in [0, 0.1) is 0 Å². The van der Waals surface area contributed by atoms with Gasteiger partial charge < -0.3 is 9.84 Å². The Morgan fingerprint density at radius 2 is 1.80 bits per heavy atom. The van der Waals surface area contributed by atoms with E-state index in [1.807, 2.05) is 4.90 Å². The molecule has 0 atom stereocenters. The van der Waals surface area contributed by atoms with Crippen molar-refractivity contribution in [1.82, 2.24) is 9.21 Å². The van der Waals surface area contributed by atoms with Crippen LogP contribution in [0.5, 0.6) is 0 Å². The van der Waals surface area contributed by atoms with Gasteiger partial charge >= 0.3 is 5.97 Å². The van der Waals surface area contributed by atoms with E-state index in [9.17, 15) is 18.3 Å². The van der Waals surface area contributed by atoms with E-state index in [1.165, 1.54) is 11.4 Å². The first-order valence-electron chi connectivity index (χ1n) is 6.63. The lowest BCUT2D eigenvalue weighted by Crippen LogP contribution is -2.52. The van der Waals surface area contributed by atoms with E-state index in [0.717, 1.165) is 0 Å². The number of nitrogens with zero attached hydrogens (tertiary/aromatic N) is 2. The van der Waals surface area contributed by atoms with Crippen LogP contribution in [-0.4, -0.2) is 79.9 Å². The molecule has 1 saturated heterocycles. The molecule has 1 aliphatic rings. The number of ether oxygens (including phenoxy) is 1. The SMILES string of the molecule is COC(=O)CCS(=O)(=O)N1CCN(CC(C)(C)O)CC1. The van der Waals surface area contributed by atoms with Crippen molar-refractivity contribution in [2.75, 3.05) is 45.6 Å². The zero-order chi connectivity index (χ0) is 15.4. The van der Waals surface area contributed by atoms with E-state index < -0.39 is 21.6 Å². The summed E-state index contributed by atoms with van der Waals surface area (Å²) in [5.74, 6) is -0.736. The molecule has 0 saturated carbocycles. The summed E-state index contributed by atoms with van der Waals surface area (Å²) >= 11 is 0. The standard InChI is InChI=1S/C12H24N2O5S/c1-12(2,16)10-13-5-7-14(8-6-13)20(17,18)9-4-11(15)19-3/h16H,4-10H2,1-3H3. The molecular weight excluding hydrogens is 284 g/mol. The van der Waals surface area contributed by atoms with Crippen LogP contribution < -0.4 is 0 Å². The third kappa shape index (κ3) is 5.74. The number of rotatable bonds is 6. The largest absolute Gasteiger partial charge is 0.469 e. The Balaban J connectivity index is 2.46. The highest BCUT2D eigenvalue weighted by atomic mass is 32.2. The minimum atomic E-state index is -3.41. The van der Waals surface area contributed by atoms with Gasteiger partial charge in [-0.05, 0) is 13.8 Å². The van der Waals surface area contributed by atoms with Crippen molar-refractivity contribution >= 4 is 16.0 Å². The van der Waals surface area contributed by atoms with Gasteiger partial charge in [0.1, 0.15) is 0 Å². The van der Waals surface area contributed by atoms with E-state index in [1.54, 1.807) is 13.8 Å². The van der Waals surface area contributed by atoms with Gasteiger partial charge in [0, 0.05) is 32.7 Å². The Kier molecular flexibility index (Phi) is 5.93. The van der Waals surface area contributed by atoms with Gasteiger partial charge in [0.15, 0.2) is 0 Å². The number of carbonyl (C=O) groups is 1. The first kappa shape index (κ1) is 17.4. The molecule has 0 radical (unpaired) electrons.